The van der Waals surface area contributed by atoms with E-state index in [2.05, 4.69) is 9.72 Å². The number of nitrogens with zero attached hydrogens (tertiary/aromatic N) is 2. The van der Waals surface area contributed by atoms with E-state index in [1.807, 2.05) is 11.5 Å². The van der Waals surface area contributed by atoms with Crippen LogP contribution in [0.15, 0.2) is 0 Å². The van der Waals surface area contributed by atoms with Crippen LogP contribution in [0.3, 0.4) is 0 Å². The van der Waals surface area contributed by atoms with E-state index in [9.17, 15) is 4.79 Å². The van der Waals surface area contributed by atoms with Gasteiger partial charge >= 0.3 is 5.97 Å². The molecule has 0 aliphatic rings. The molecule has 96 valence electrons. The number of esters is 1. The predicted molar refractivity (Wildman–Crippen MR) is 63.8 cm³/mol. The van der Waals surface area contributed by atoms with Gasteiger partial charge in [-0.25, -0.2) is 9.78 Å². The molecule has 0 spiro atoms. The lowest BCUT2D eigenvalue weighted by Gasteiger charge is -2.07. The maximum absolute atomic E-state index is 11.4. The van der Waals surface area contributed by atoms with Gasteiger partial charge in [0.2, 0.25) is 0 Å². The van der Waals surface area contributed by atoms with Crippen LogP contribution >= 0.6 is 0 Å². The Bertz CT molecular complexity index is 388. The predicted octanol–water partition coefficient (Wildman–Crippen LogP) is 0.987. The SMILES string of the molecule is COCCCCn1c(C)nc(C(=O)OC)c1N. The number of imidazole rings is 1. The topological polar surface area (TPSA) is 79.4 Å². The summed E-state index contributed by atoms with van der Waals surface area (Å²) in [5.74, 6) is 0.591. The summed E-state index contributed by atoms with van der Waals surface area (Å²) in [5, 5.41) is 0. The highest BCUT2D eigenvalue weighted by Crippen LogP contribution is 2.16. The third-order valence-electron chi connectivity index (χ3n) is 2.56. The van der Waals surface area contributed by atoms with Crippen LogP contribution in [-0.2, 0) is 16.0 Å². The zero-order valence-electron chi connectivity index (χ0n) is 10.5. The first-order valence-electron chi connectivity index (χ1n) is 5.51. The summed E-state index contributed by atoms with van der Waals surface area (Å²) < 4.78 is 11.4. The minimum Gasteiger partial charge on any atom is -0.464 e. The summed E-state index contributed by atoms with van der Waals surface area (Å²) >= 11 is 0. The normalized spacial score (nSPS) is 10.5. The van der Waals surface area contributed by atoms with E-state index >= 15 is 0 Å². The van der Waals surface area contributed by atoms with Crippen LogP contribution in [0, 0.1) is 6.92 Å². The molecule has 0 aromatic carbocycles. The molecule has 0 atom stereocenters. The second-order valence-corrected chi connectivity index (χ2v) is 3.74. The molecule has 1 aromatic heterocycles. The zero-order valence-corrected chi connectivity index (χ0v) is 10.5. The molecule has 1 heterocycles. The standard InChI is InChI=1S/C11H19N3O3/c1-8-13-9(11(15)17-3)10(12)14(8)6-4-5-7-16-2/h4-7,12H2,1-3H3. The first-order chi connectivity index (χ1) is 8.11. The van der Waals surface area contributed by atoms with Crippen molar-refractivity contribution in [3.8, 4) is 0 Å². The van der Waals surface area contributed by atoms with Crippen molar-refractivity contribution in [2.45, 2.75) is 26.3 Å². The molecule has 0 saturated heterocycles. The smallest absolute Gasteiger partial charge is 0.360 e. The van der Waals surface area contributed by atoms with E-state index in [-0.39, 0.29) is 5.69 Å². The lowest BCUT2D eigenvalue weighted by molar-refractivity contribution is 0.0595. The van der Waals surface area contributed by atoms with Gasteiger partial charge in [-0.15, -0.1) is 0 Å². The van der Waals surface area contributed by atoms with Crippen LogP contribution in [-0.4, -0.2) is 36.3 Å². The van der Waals surface area contributed by atoms with Crippen molar-refractivity contribution in [2.24, 2.45) is 0 Å². The van der Waals surface area contributed by atoms with E-state index in [0.717, 1.165) is 31.8 Å². The Labute approximate surface area is 101 Å². The lowest BCUT2D eigenvalue weighted by Crippen LogP contribution is -2.09. The molecular formula is C11H19N3O3. The van der Waals surface area contributed by atoms with Crippen LogP contribution in [0.5, 0.6) is 0 Å². The van der Waals surface area contributed by atoms with Crippen LogP contribution in [0.4, 0.5) is 5.82 Å². The third kappa shape index (κ3) is 3.20. The van der Waals surface area contributed by atoms with Crippen molar-refractivity contribution < 1.29 is 14.3 Å². The fourth-order valence-corrected chi connectivity index (χ4v) is 1.63. The summed E-state index contributed by atoms with van der Waals surface area (Å²) in [6.07, 6.45) is 1.87. The van der Waals surface area contributed by atoms with E-state index in [1.165, 1.54) is 7.11 Å². The zero-order chi connectivity index (χ0) is 12.8. The number of ether oxygens (including phenoxy) is 2. The van der Waals surface area contributed by atoms with Gasteiger partial charge in [0, 0.05) is 20.3 Å². The first-order valence-corrected chi connectivity index (χ1v) is 5.51. The highest BCUT2D eigenvalue weighted by atomic mass is 16.5. The van der Waals surface area contributed by atoms with Crippen LogP contribution < -0.4 is 5.73 Å². The number of nitrogen functional groups attached to an aromatic ring is 1. The van der Waals surface area contributed by atoms with Crippen LogP contribution in [0.1, 0.15) is 29.2 Å². The Hall–Kier alpha value is -1.56. The number of unbranched alkanes of at least 4 members (excludes halogenated alkanes) is 1. The first kappa shape index (κ1) is 13.5. The van der Waals surface area contributed by atoms with Gasteiger partial charge in [-0.05, 0) is 19.8 Å². The van der Waals surface area contributed by atoms with E-state index < -0.39 is 5.97 Å². The molecular weight excluding hydrogens is 222 g/mol. The second-order valence-electron chi connectivity index (χ2n) is 3.74. The van der Waals surface area contributed by atoms with Gasteiger partial charge in [0.05, 0.1) is 7.11 Å². The number of hydrogen-bond acceptors (Lipinski definition) is 5. The number of anilines is 1. The fourth-order valence-electron chi connectivity index (χ4n) is 1.63. The van der Waals surface area contributed by atoms with Crippen molar-refractivity contribution >= 4 is 11.8 Å². The molecule has 6 nitrogen and oxygen atoms in total. The Morgan fingerprint density at radius 3 is 2.71 bits per heavy atom. The summed E-state index contributed by atoms with van der Waals surface area (Å²) in [6, 6.07) is 0. The molecule has 1 aromatic rings. The molecule has 1 rings (SSSR count). The highest BCUT2D eigenvalue weighted by Gasteiger charge is 2.18. The van der Waals surface area contributed by atoms with Gasteiger partial charge in [-0.2, -0.15) is 0 Å². The van der Waals surface area contributed by atoms with Crippen molar-refractivity contribution in [2.75, 3.05) is 26.6 Å². The summed E-state index contributed by atoms with van der Waals surface area (Å²) in [5.41, 5.74) is 6.06. The van der Waals surface area contributed by atoms with E-state index in [1.54, 1.807) is 7.11 Å². The van der Waals surface area contributed by atoms with Gasteiger partial charge in [0.25, 0.3) is 0 Å². The number of carbonyl (C=O) groups is 1. The summed E-state index contributed by atoms with van der Waals surface area (Å²) in [4.78, 5) is 15.5. The van der Waals surface area contributed by atoms with Crippen molar-refractivity contribution in [1.82, 2.24) is 9.55 Å². The number of nitrogens with two attached hydrogens (primary N) is 1. The Morgan fingerprint density at radius 1 is 1.41 bits per heavy atom. The molecule has 0 fully saturated rings. The number of aromatic nitrogens is 2. The van der Waals surface area contributed by atoms with E-state index in [0.29, 0.717) is 5.82 Å². The van der Waals surface area contributed by atoms with Gasteiger partial charge in [-0.1, -0.05) is 0 Å². The average molecular weight is 241 g/mol. The Balaban J connectivity index is 2.72. The quantitative estimate of drug-likeness (QED) is 0.593. The summed E-state index contributed by atoms with van der Waals surface area (Å²) in [6.45, 7) is 3.27. The van der Waals surface area contributed by atoms with Crippen molar-refractivity contribution in [3.63, 3.8) is 0 Å². The minimum atomic E-state index is -0.499. The molecule has 0 saturated carbocycles. The van der Waals surface area contributed by atoms with Gasteiger partial charge in [0.15, 0.2) is 5.69 Å². The minimum absolute atomic E-state index is 0.191. The molecule has 0 radical (unpaired) electrons. The van der Waals surface area contributed by atoms with Gasteiger partial charge in [-0.3, -0.25) is 0 Å². The maximum Gasteiger partial charge on any atom is 0.360 e. The number of aryl methyl sites for hydroxylation is 1. The summed E-state index contributed by atoms with van der Waals surface area (Å²) in [7, 11) is 2.99. The molecule has 0 aliphatic heterocycles. The molecule has 17 heavy (non-hydrogen) atoms. The monoisotopic (exact) mass is 241 g/mol. The van der Waals surface area contributed by atoms with Crippen molar-refractivity contribution in [1.29, 1.82) is 0 Å². The van der Waals surface area contributed by atoms with Gasteiger partial charge in [0.1, 0.15) is 11.6 Å². The maximum atomic E-state index is 11.4. The molecule has 0 unspecified atom stereocenters. The molecule has 2 N–H and O–H groups in total. The largest absolute Gasteiger partial charge is 0.464 e. The lowest BCUT2D eigenvalue weighted by atomic mass is 10.3. The molecule has 0 amide bonds. The van der Waals surface area contributed by atoms with Crippen LogP contribution in [0.2, 0.25) is 0 Å². The van der Waals surface area contributed by atoms with E-state index in [4.69, 9.17) is 10.5 Å². The third-order valence-corrected chi connectivity index (χ3v) is 2.56. The van der Waals surface area contributed by atoms with Crippen LogP contribution in [0.25, 0.3) is 0 Å². The van der Waals surface area contributed by atoms with Gasteiger partial charge < -0.3 is 19.8 Å². The number of carbonyl (C=O) groups excluding carboxylic acids is 1. The second kappa shape index (κ2) is 6.24. The number of hydrogen-bond donors (Lipinski definition) is 1. The number of methoxy groups -OCH3 is 2. The highest BCUT2D eigenvalue weighted by molar-refractivity contribution is 5.92. The molecule has 0 bridgehead atoms. The molecule has 0 aliphatic carbocycles. The fraction of sp³-hybridized carbons (Fsp3) is 0.636. The number of rotatable bonds is 6. The van der Waals surface area contributed by atoms with Crippen molar-refractivity contribution in [3.05, 3.63) is 11.5 Å². The Morgan fingerprint density at radius 2 is 2.12 bits per heavy atom. The molecule has 6 heteroatoms. The Kier molecular flexibility index (Phi) is 4.96. The average Bonchev–Trinajstić information content (AvgIpc) is 2.60.